The Bertz CT molecular complexity index is 459. The molecule has 0 bridgehead atoms. The highest BCUT2D eigenvalue weighted by Crippen LogP contribution is 2.41. The van der Waals surface area contributed by atoms with Crippen LogP contribution < -0.4 is 5.73 Å². The minimum Gasteiger partial charge on any atom is -0.465 e. The van der Waals surface area contributed by atoms with Crippen molar-refractivity contribution < 1.29 is 9.53 Å². The lowest BCUT2D eigenvalue weighted by Gasteiger charge is -2.26. The first kappa shape index (κ1) is 14.4. The molecule has 2 N–H and O–H groups in total. The Kier molecular flexibility index (Phi) is 4.53. The molecule has 0 aliphatic heterocycles. The molecule has 19 heavy (non-hydrogen) atoms. The van der Waals surface area contributed by atoms with Crippen LogP contribution in [0.5, 0.6) is 0 Å². The average Bonchev–Trinajstić information content (AvgIpc) is 3.22. The molecule has 0 radical (unpaired) electrons. The van der Waals surface area contributed by atoms with Gasteiger partial charge in [0.05, 0.1) is 6.61 Å². The lowest BCUT2D eigenvalue weighted by Crippen LogP contribution is -2.53. The number of rotatable bonds is 6. The summed E-state index contributed by atoms with van der Waals surface area (Å²) < 4.78 is 5.15. The van der Waals surface area contributed by atoms with E-state index in [1.807, 2.05) is 19.1 Å². The van der Waals surface area contributed by atoms with Crippen molar-refractivity contribution in [2.24, 2.45) is 11.7 Å². The molecule has 0 aromatic heterocycles. The zero-order valence-corrected chi connectivity index (χ0v) is 12.3. The molecule has 0 saturated heterocycles. The molecule has 2 rings (SSSR count). The Balaban J connectivity index is 2.05. The van der Waals surface area contributed by atoms with Crippen LogP contribution in [0.3, 0.4) is 0 Å². The van der Waals surface area contributed by atoms with Crippen LogP contribution in [0.4, 0.5) is 0 Å². The zero-order chi connectivity index (χ0) is 13.9. The molecule has 4 heteroatoms. The molecule has 1 atom stereocenters. The van der Waals surface area contributed by atoms with Gasteiger partial charge in [-0.2, -0.15) is 0 Å². The molecule has 1 aliphatic carbocycles. The van der Waals surface area contributed by atoms with Crippen molar-refractivity contribution in [2.75, 3.05) is 12.4 Å². The highest BCUT2D eigenvalue weighted by atomic mass is 32.2. The second-order valence-electron chi connectivity index (χ2n) is 5.09. The van der Waals surface area contributed by atoms with Gasteiger partial charge in [0.15, 0.2) is 0 Å². The summed E-state index contributed by atoms with van der Waals surface area (Å²) in [7, 11) is 0. The van der Waals surface area contributed by atoms with Crippen molar-refractivity contribution in [3.05, 3.63) is 29.8 Å². The average molecular weight is 279 g/mol. The van der Waals surface area contributed by atoms with Crippen LogP contribution in [0.25, 0.3) is 0 Å². The predicted octanol–water partition coefficient (Wildman–Crippen LogP) is 2.76. The topological polar surface area (TPSA) is 52.3 Å². The lowest BCUT2D eigenvalue weighted by molar-refractivity contribution is -0.149. The minimum absolute atomic E-state index is 0.251. The van der Waals surface area contributed by atoms with E-state index in [1.54, 1.807) is 11.8 Å². The SMILES string of the molecule is CCOC(=O)C(N)(CSc1ccccc1C)C1CC1. The molecule has 1 fully saturated rings. The molecule has 1 aliphatic rings. The van der Waals surface area contributed by atoms with Gasteiger partial charge < -0.3 is 10.5 Å². The van der Waals surface area contributed by atoms with Crippen LogP contribution in [-0.4, -0.2) is 23.9 Å². The molecule has 0 amide bonds. The number of benzene rings is 1. The number of nitrogens with two attached hydrogens (primary N) is 1. The second kappa shape index (κ2) is 5.97. The van der Waals surface area contributed by atoms with E-state index >= 15 is 0 Å². The summed E-state index contributed by atoms with van der Waals surface area (Å²) in [6.45, 7) is 4.28. The highest BCUT2D eigenvalue weighted by molar-refractivity contribution is 7.99. The van der Waals surface area contributed by atoms with E-state index in [0.29, 0.717) is 12.4 Å². The molecule has 1 saturated carbocycles. The molecule has 1 aromatic rings. The Hall–Kier alpha value is -1.00. The van der Waals surface area contributed by atoms with E-state index < -0.39 is 5.54 Å². The third kappa shape index (κ3) is 3.31. The van der Waals surface area contributed by atoms with Gasteiger partial charge in [0.25, 0.3) is 0 Å². The summed E-state index contributed by atoms with van der Waals surface area (Å²) >= 11 is 1.65. The molecule has 1 aromatic carbocycles. The number of carbonyl (C=O) groups is 1. The van der Waals surface area contributed by atoms with Crippen molar-refractivity contribution in [2.45, 2.75) is 37.1 Å². The van der Waals surface area contributed by atoms with Gasteiger partial charge in [-0.05, 0) is 44.2 Å². The Morgan fingerprint density at radius 2 is 2.16 bits per heavy atom. The number of thioether (sulfide) groups is 1. The molecule has 3 nitrogen and oxygen atoms in total. The van der Waals surface area contributed by atoms with Crippen LogP contribution in [0.1, 0.15) is 25.3 Å². The van der Waals surface area contributed by atoms with Gasteiger partial charge in [0, 0.05) is 10.6 Å². The molecular formula is C15H21NO2S. The summed E-state index contributed by atoms with van der Waals surface area (Å²) in [5, 5.41) is 0. The first-order valence-corrected chi connectivity index (χ1v) is 7.71. The van der Waals surface area contributed by atoms with Gasteiger partial charge in [-0.25, -0.2) is 0 Å². The van der Waals surface area contributed by atoms with E-state index in [4.69, 9.17) is 10.5 Å². The first-order chi connectivity index (χ1) is 9.08. The van der Waals surface area contributed by atoms with Crippen LogP contribution in [-0.2, 0) is 9.53 Å². The van der Waals surface area contributed by atoms with Crippen LogP contribution in [0, 0.1) is 12.8 Å². The van der Waals surface area contributed by atoms with Gasteiger partial charge in [-0.1, -0.05) is 18.2 Å². The van der Waals surface area contributed by atoms with Gasteiger partial charge in [-0.3, -0.25) is 4.79 Å². The quantitative estimate of drug-likeness (QED) is 0.642. The van der Waals surface area contributed by atoms with E-state index in [2.05, 4.69) is 19.1 Å². The maximum atomic E-state index is 12.1. The van der Waals surface area contributed by atoms with E-state index in [9.17, 15) is 4.79 Å². The van der Waals surface area contributed by atoms with Gasteiger partial charge >= 0.3 is 5.97 Å². The monoisotopic (exact) mass is 279 g/mol. The summed E-state index contributed by atoms with van der Waals surface area (Å²) in [5.41, 5.74) is 6.72. The molecule has 0 spiro atoms. The third-order valence-electron chi connectivity index (χ3n) is 3.52. The van der Waals surface area contributed by atoms with E-state index in [0.717, 1.165) is 12.8 Å². The number of ether oxygens (including phenoxy) is 1. The summed E-state index contributed by atoms with van der Waals surface area (Å²) in [5.74, 6) is 0.614. The van der Waals surface area contributed by atoms with Crippen LogP contribution in [0.15, 0.2) is 29.2 Å². The van der Waals surface area contributed by atoms with E-state index in [1.165, 1.54) is 10.5 Å². The minimum atomic E-state index is -0.830. The predicted molar refractivity (Wildman–Crippen MR) is 78.2 cm³/mol. The van der Waals surface area contributed by atoms with Crippen molar-refractivity contribution in [1.29, 1.82) is 0 Å². The number of esters is 1. The Morgan fingerprint density at radius 1 is 1.47 bits per heavy atom. The molecule has 0 heterocycles. The Morgan fingerprint density at radius 3 is 2.74 bits per heavy atom. The third-order valence-corrected chi connectivity index (χ3v) is 4.91. The maximum Gasteiger partial charge on any atom is 0.327 e. The first-order valence-electron chi connectivity index (χ1n) is 6.72. The van der Waals surface area contributed by atoms with Gasteiger partial charge in [-0.15, -0.1) is 11.8 Å². The van der Waals surface area contributed by atoms with Crippen molar-refractivity contribution in [1.82, 2.24) is 0 Å². The fourth-order valence-electron chi connectivity index (χ4n) is 2.12. The Labute approximate surface area is 118 Å². The fraction of sp³-hybridized carbons (Fsp3) is 0.533. The number of aryl methyl sites for hydroxylation is 1. The largest absolute Gasteiger partial charge is 0.465 e. The smallest absolute Gasteiger partial charge is 0.327 e. The van der Waals surface area contributed by atoms with Crippen LogP contribution >= 0.6 is 11.8 Å². The molecule has 1 unspecified atom stereocenters. The normalized spacial score (nSPS) is 17.8. The summed E-state index contributed by atoms with van der Waals surface area (Å²) in [6.07, 6.45) is 2.06. The summed E-state index contributed by atoms with van der Waals surface area (Å²) in [4.78, 5) is 13.3. The number of carbonyl (C=O) groups excluding carboxylic acids is 1. The standard InChI is InChI=1S/C15H21NO2S/c1-3-18-14(17)15(16,12-8-9-12)10-19-13-7-5-4-6-11(13)2/h4-7,12H,3,8-10,16H2,1-2H3. The van der Waals surface area contributed by atoms with Crippen molar-refractivity contribution in [3.63, 3.8) is 0 Å². The van der Waals surface area contributed by atoms with Gasteiger partial charge in [0.2, 0.25) is 0 Å². The van der Waals surface area contributed by atoms with Gasteiger partial charge in [0.1, 0.15) is 5.54 Å². The fourth-order valence-corrected chi connectivity index (χ4v) is 3.34. The van der Waals surface area contributed by atoms with Crippen molar-refractivity contribution >= 4 is 17.7 Å². The van der Waals surface area contributed by atoms with Crippen molar-refractivity contribution in [3.8, 4) is 0 Å². The highest BCUT2D eigenvalue weighted by Gasteiger charge is 2.49. The zero-order valence-electron chi connectivity index (χ0n) is 11.5. The number of hydrogen-bond donors (Lipinski definition) is 1. The molecule has 104 valence electrons. The summed E-state index contributed by atoms with van der Waals surface area (Å²) in [6, 6.07) is 8.16. The van der Waals surface area contributed by atoms with E-state index in [-0.39, 0.29) is 11.9 Å². The second-order valence-corrected chi connectivity index (χ2v) is 6.11. The molecular weight excluding hydrogens is 258 g/mol. The number of hydrogen-bond acceptors (Lipinski definition) is 4. The lowest BCUT2D eigenvalue weighted by atomic mass is 9.97. The van der Waals surface area contributed by atoms with Crippen LogP contribution in [0.2, 0.25) is 0 Å². The maximum absolute atomic E-state index is 12.1.